The molecule has 0 spiro atoms. The summed E-state index contributed by atoms with van der Waals surface area (Å²) in [5, 5.41) is 9.48. The van der Waals surface area contributed by atoms with Gasteiger partial charge in [0.15, 0.2) is 0 Å². The number of hydrogen-bond acceptors (Lipinski definition) is 4. The zero-order valence-electron chi connectivity index (χ0n) is 8.67. The van der Waals surface area contributed by atoms with Crippen molar-refractivity contribution in [1.82, 2.24) is 9.97 Å². The van der Waals surface area contributed by atoms with Gasteiger partial charge in [0, 0.05) is 11.6 Å². The minimum atomic E-state index is -0.950. The lowest BCUT2D eigenvalue weighted by Crippen LogP contribution is -2.05. The zero-order valence-corrected chi connectivity index (χ0v) is 8.67. The third-order valence-corrected chi connectivity index (χ3v) is 2.15. The van der Waals surface area contributed by atoms with Gasteiger partial charge in [-0.1, -0.05) is 12.1 Å². The molecule has 0 aliphatic rings. The highest BCUT2D eigenvalue weighted by Gasteiger charge is 2.07. The van der Waals surface area contributed by atoms with Crippen molar-refractivity contribution < 1.29 is 14.6 Å². The van der Waals surface area contributed by atoms with Crippen LogP contribution in [0.3, 0.4) is 0 Å². The number of methoxy groups -OCH3 is 1. The normalized spacial score (nSPS) is 10.3. The molecule has 5 heteroatoms. The molecule has 82 valence electrons. The fraction of sp³-hybridized carbons (Fsp3) is 0.182. The van der Waals surface area contributed by atoms with Crippen LogP contribution in [0.15, 0.2) is 24.4 Å². The second-order valence-electron chi connectivity index (χ2n) is 3.25. The third kappa shape index (κ3) is 1.93. The van der Waals surface area contributed by atoms with Crippen molar-refractivity contribution >= 4 is 16.9 Å². The average molecular weight is 218 g/mol. The van der Waals surface area contributed by atoms with Crippen LogP contribution in [0, 0.1) is 0 Å². The summed E-state index contributed by atoms with van der Waals surface area (Å²) in [6, 6.07) is 5.46. The van der Waals surface area contributed by atoms with Gasteiger partial charge in [-0.2, -0.15) is 0 Å². The number of ether oxygens (including phenoxy) is 1. The van der Waals surface area contributed by atoms with Crippen LogP contribution < -0.4 is 4.74 Å². The SMILES string of the molecule is COc1cccc2cnc(CC(=O)O)nc12. The number of carbonyl (C=O) groups is 1. The Kier molecular flexibility index (Phi) is 2.68. The quantitative estimate of drug-likeness (QED) is 0.839. The molecule has 16 heavy (non-hydrogen) atoms. The fourth-order valence-corrected chi connectivity index (χ4v) is 1.45. The van der Waals surface area contributed by atoms with Gasteiger partial charge in [-0.25, -0.2) is 9.97 Å². The minimum Gasteiger partial charge on any atom is -0.494 e. The molecular formula is C11H10N2O3. The molecule has 1 aromatic carbocycles. The first-order valence-corrected chi connectivity index (χ1v) is 4.71. The zero-order chi connectivity index (χ0) is 11.5. The Morgan fingerprint density at radius 1 is 1.50 bits per heavy atom. The number of rotatable bonds is 3. The van der Waals surface area contributed by atoms with Crippen LogP contribution >= 0.6 is 0 Å². The minimum absolute atomic E-state index is 0.187. The van der Waals surface area contributed by atoms with Gasteiger partial charge in [0.05, 0.1) is 7.11 Å². The van der Waals surface area contributed by atoms with Crippen LogP contribution in [-0.2, 0) is 11.2 Å². The molecule has 0 bridgehead atoms. The summed E-state index contributed by atoms with van der Waals surface area (Å²) in [4.78, 5) is 18.7. The molecule has 0 radical (unpaired) electrons. The molecule has 0 fully saturated rings. The van der Waals surface area contributed by atoms with Gasteiger partial charge in [0.1, 0.15) is 23.5 Å². The Balaban J connectivity index is 2.54. The molecule has 5 nitrogen and oxygen atoms in total. The first-order valence-electron chi connectivity index (χ1n) is 4.71. The van der Waals surface area contributed by atoms with Crippen molar-refractivity contribution in [3.05, 3.63) is 30.2 Å². The van der Waals surface area contributed by atoms with Crippen molar-refractivity contribution in [3.8, 4) is 5.75 Å². The summed E-state index contributed by atoms with van der Waals surface area (Å²) < 4.78 is 5.15. The lowest BCUT2D eigenvalue weighted by atomic mass is 10.2. The van der Waals surface area contributed by atoms with Crippen LogP contribution in [0.1, 0.15) is 5.82 Å². The summed E-state index contributed by atoms with van der Waals surface area (Å²) in [7, 11) is 1.55. The van der Waals surface area contributed by atoms with Crippen molar-refractivity contribution in [2.75, 3.05) is 7.11 Å². The van der Waals surface area contributed by atoms with Crippen LogP contribution in [0.5, 0.6) is 5.75 Å². The van der Waals surface area contributed by atoms with E-state index in [9.17, 15) is 4.79 Å². The third-order valence-electron chi connectivity index (χ3n) is 2.15. The summed E-state index contributed by atoms with van der Waals surface area (Å²) in [6.45, 7) is 0. The standard InChI is InChI=1S/C11H10N2O3/c1-16-8-4-2-3-7-6-12-9(5-10(14)15)13-11(7)8/h2-4,6H,5H2,1H3,(H,14,15). The summed E-state index contributed by atoms with van der Waals surface area (Å²) >= 11 is 0. The number of nitrogens with zero attached hydrogens (tertiary/aromatic N) is 2. The predicted octanol–water partition coefficient (Wildman–Crippen LogP) is 1.27. The number of aromatic nitrogens is 2. The van der Waals surface area contributed by atoms with Gasteiger partial charge in [-0.3, -0.25) is 4.79 Å². The Hall–Kier alpha value is -2.17. The molecule has 2 rings (SSSR count). The molecule has 1 heterocycles. The molecule has 0 aliphatic carbocycles. The lowest BCUT2D eigenvalue weighted by molar-refractivity contribution is -0.136. The largest absolute Gasteiger partial charge is 0.494 e. The first kappa shape index (κ1) is 10.4. The molecule has 1 aromatic heterocycles. The molecule has 0 saturated carbocycles. The Morgan fingerprint density at radius 3 is 3.00 bits per heavy atom. The van der Waals surface area contributed by atoms with E-state index in [1.165, 1.54) is 0 Å². The fourth-order valence-electron chi connectivity index (χ4n) is 1.45. The van der Waals surface area contributed by atoms with E-state index in [0.717, 1.165) is 5.39 Å². The molecule has 0 amide bonds. The molecule has 2 aromatic rings. The van der Waals surface area contributed by atoms with Gasteiger partial charge in [0.2, 0.25) is 0 Å². The Morgan fingerprint density at radius 2 is 2.31 bits per heavy atom. The highest BCUT2D eigenvalue weighted by Crippen LogP contribution is 2.22. The molecular weight excluding hydrogens is 208 g/mol. The van der Waals surface area contributed by atoms with E-state index in [2.05, 4.69) is 9.97 Å². The van der Waals surface area contributed by atoms with Crippen LogP contribution in [0.2, 0.25) is 0 Å². The maximum Gasteiger partial charge on any atom is 0.311 e. The monoisotopic (exact) mass is 218 g/mol. The number of aliphatic carboxylic acids is 1. The summed E-state index contributed by atoms with van der Waals surface area (Å²) in [5.74, 6) is -0.0507. The van der Waals surface area contributed by atoms with Gasteiger partial charge in [-0.05, 0) is 6.07 Å². The van der Waals surface area contributed by atoms with Gasteiger partial charge < -0.3 is 9.84 Å². The second kappa shape index (κ2) is 4.14. The van der Waals surface area contributed by atoms with E-state index in [1.54, 1.807) is 19.4 Å². The number of hydrogen-bond donors (Lipinski definition) is 1. The van der Waals surface area contributed by atoms with Crippen molar-refractivity contribution in [2.45, 2.75) is 6.42 Å². The lowest BCUT2D eigenvalue weighted by Gasteiger charge is -2.04. The second-order valence-corrected chi connectivity index (χ2v) is 3.25. The smallest absolute Gasteiger partial charge is 0.311 e. The summed E-state index contributed by atoms with van der Waals surface area (Å²) in [5.41, 5.74) is 0.635. The van der Waals surface area contributed by atoms with Crippen molar-refractivity contribution in [2.24, 2.45) is 0 Å². The number of carboxylic acids is 1. The molecule has 0 atom stereocenters. The molecule has 1 N–H and O–H groups in total. The van der Waals surface area contributed by atoms with Gasteiger partial charge in [-0.15, -0.1) is 0 Å². The van der Waals surface area contributed by atoms with Gasteiger partial charge in [0.25, 0.3) is 0 Å². The van der Waals surface area contributed by atoms with E-state index in [-0.39, 0.29) is 12.2 Å². The average Bonchev–Trinajstić information content (AvgIpc) is 2.27. The number of carboxylic acid groups (broad SMARTS) is 1. The number of fused-ring (bicyclic) bond motifs is 1. The van der Waals surface area contributed by atoms with E-state index in [4.69, 9.17) is 9.84 Å². The van der Waals surface area contributed by atoms with Crippen molar-refractivity contribution in [3.63, 3.8) is 0 Å². The molecule has 0 unspecified atom stereocenters. The maximum atomic E-state index is 10.5. The summed E-state index contributed by atoms with van der Waals surface area (Å²) in [6.07, 6.45) is 1.41. The van der Waals surface area contributed by atoms with E-state index >= 15 is 0 Å². The van der Waals surface area contributed by atoms with Gasteiger partial charge >= 0.3 is 5.97 Å². The van der Waals surface area contributed by atoms with Crippen LogP contribution in [0.25, 0.3) is 10.9 Å². The highest BCUT2D eigenvalue weighted by atomic mass is 16.5. The topological polar surface area (TPSA) is 72.3 Å². The van der Waals surface area contributed by atoms with E-state index in [1.807, 2.05) is 12.1 Å². The number of benzene rings is 1. The predicted molar refractivity (Wildman–Crippen MR) is 57.4 cm³/mol. The van der Waals surface area contributed by atoms with Crippen molar-refractivity contribution in [1.29, 1.82) is 0 Å². The maximum absolute atomic E-state index is 10.5. The Labute approximate surface area is 91.7 Å². The number of para-hydroxylation sites is 1. The van der Waals surface area contributed by atoms with E-state index < -0.39 is 5.97 Å². The van der Waals surface area contributed by atoms with E-state index in [0.29, 0.717) is 11.3 Å². The Bertz CT molecular complexity index is 540. The molecule has 0 aliphatic heterocycles. The van der Waals surface area contributed by atoms with Crippen LogP contribution in [-0.4, -0.2) is 28.2 Å². The van der Waals surface area contributed by atoms with Crippen LogP contribution in [0.4, 0.5) is 0 Å². The molecule has 0 saturated heterocycles. The first-order chi connectivity index (χ1) is 7.70. The highest BCUT2D eigenvalue weighted by molar-refractivity contribution is 5.84.